The number of amides is 2. The molecule has 4 rings (SSSR count). The van der Waals surface area contributed by atoms with E-state index in [1.165, 1.54) is 17.0 Å². The van der Waals surface area contributed by atoms with Crippen LogP contribution in [-0.2, 0) is 32.6 Å². The Morgan fingerprint density at radius 1 is 0.894 bits per heavy atom. The summed E-state index contributed by atoms with van der Waals surface area (Å²) in [4.78, 5) is 29.7. The first-order chi connectivity index (χ1) is 22.3. The summed E-state index contributed by atoms with van der Waals surface area (Å²) in [5, 5.41) is 3.44. The number of ether oxygens (including phenoxy) is 1. The SMILES string of the molecule is CCOc1ccc(N(CC(=O)N(Cc2cccc(Cl)c2)[C@@H](Cc2ccccc2)C(=O)NC(C)(C)C)S(=O)(=O)c2ccc(F)cc2)cc1. The van der Waals surface area contributed by atoms with Gasteiger partial charge in [-0.1, -0.05) is 54.1 Å². The van der Waals surface area contributed by atoms with Crippen LogP contribution < -0.4 is 14.4 Å². The Kier molecular flexibility index (Phi) is 11.7. The van der Waals surface area contributed by atoms with Crippen LogP contribution in [0.3, 0.4) is 0 Å². The van der Waals surface area contributed by atoms with Gasteiger partial charge in [0.2, 0.25) is 11.8 Å². The van der Waals surface area contributed by atoms with E-state index < -0.39 is 45.8 Å². The van der Waals surface area contributed by atoms with Gasteiger partial charge in [-0.3, -0.25) is 13.9 Å². The molecule has 0 spiro atoms. The summed E-state index contributed by atoms with van der Waals surface area (Å²) >= 11 is 6.30. The Morgan fingerprint density at radius 3 is 2.13 bits per heavy atom. The van der Waals surface area contributed by atoms with Crippen molar-refractivity contribution < 1.29 is 27.1 Å². The number of carbonyl (C=O) groups is 2. The van der Waals surface area contributed by atoms with Crippen LogP contribution in [0.4, 0.5) is 10.1 Å². The molecule has 1 N–H and O–H groups in total. The summed E-state index contributed by atoms with van der Waals surface area (Å²) in [5.74, 6) is -1.11. The number of benzene rings is 4. The second-order valence-corrected chi connectivity index (χ2v) is 14.3. The number of hydrogen-bond acceptors (Lipinski definition) is 5. The molecule has 4 aromatic rings. The molecule has 0 unspecified atom stereocenters. The summed E-state index contributed by atoms with van der Waals surface area (Å²) in [6.07, 6.45) is 0.169. The van der Waals surface area contributed by atoms with Crippen molar-refractivity contribution in [3.63, 3.8) is 0 Å². The van der Waals surface area contributed by atoms with Crippen LogP contribution in [-0.4, -0.2) is 49.9 Å². The molecule has 0 saturated heterocycles. The maximum atomic E-state index is 14.5. The fourth-order valence-corrected chi connectivity index (χ4v) is 6.60. The number of rotatable bonds is 13. The van der Waals surface area contributed by atoms with E-state index in [2.05, 4.69) is 5.32 Å². The Balaban J connectivity index is 1.82. The molecule has 0 aromatic heterocycles. The number of nitrogens with zero attached hydrogens (tertiary/aromatic N) is 2. The molecule has 0 radical (unpaired) electrons. The second-order valence-electron chi connectivity index (χ2n) is 12.0. The molecule has 1 atom stereocenters. The molecule has 0 aliphatic heterocycles. The van der Waals surface area contributed by atoms with Gasteiger partial charge in [0.15, 0.2) is 0 Å². The molecule has 0 fully saturated rings. The monoisotopic (exact) mass is 679 g/mol. The maximum Gasteiger partial charge on any atom is 0.264 e. The van der Waals surface area contributed by atoms with Gasteiger partial charge in [-0.2, -0.15) is 0 Å². The van der Waals surface area contributed by atoms with Gasteiger partial charge in [-0.25, -0.2) is 12.8 Å². The van der Waals surface area contributed by atoms with E-state index in [-0.39, 0.29) is 23.5 Å². The molecule has 4 aromatic carbocycles. The molecule has 47 heavy (non-hydrogen) atoms. The standard InChI is InChI=1S/C36H39ClFN3O5S/c1-5-46-31-18-16-30(17-19-31)41(47(44,45)32-20-14-29(38)15-21-32)25-34(42)40(24-27-12-9-13-28(37)22-27)33(35(43)39-36(2,3)4)23-26-10-7-6-8-11-26/h6-22,33H,5,23-25H2,1-4H3,(H,39,43)/t33-/m0/s1. The Bertz CT molecular complexity index is 1760. The van der Waals surface area contributed by atoms with Crippen molar-refractivity contribution in [2.45, 2.75) is 57.1 Å². The molecule has 11 heteroatoms. The summed E-state index contributed by atoms with van der Waals surface area (Å²) in [5.41, 5.74) is 1.04. The molecule has 2 amide bonds. The second kappa shape index (κ2) is 15.5. The first-order valence-electron chi connectivity index (χ1n) is 15.2. The predicted molar refractivity (Wildman–Crippen MR) is 182 cm³/mol. The quantitative estimate of drug-likeness (QED) is 0.171. The van der Waals surface area contributed by atoms with Crippen LogP contribution in [0, 0.1) is 5.82 Å². The minimum absolute atomic E-state index is 0.0256. The van der Waals surface area contributed by atoms with Gasteiger partial charge >= 0.3 is 0 Å². The summed E-state index contributed by atoms with van der Waals surface area (Å²) in [6, 6.07) is 25.9. The molecule has 0 bridgehead atoms. The van der Waals surface area contributed by atoms with Crippen LogP contribution in [0.1, 0.15) is 38.8 Å². The smallest absolute Gasteiger partial charge is 0.264 e. The van der Waals surface area contributed by atoms with E-state index in [9.17, 15) is 22.4 Å². The molecule has 0 aliphatic rings. The van der Waals surface area contributed by atoms with E-state index in [4.69, 9.17) is 16.3 Å². The summed E-state index contributed by atoms with van der Waals surface area (Å²) < 4.78 is 48.5. The van der Waals surface area contributed by atoms with Gasteiger partial charge in [0, 0.05) is 23.5 Å². The lowest BCUT2D eigenvalue weighted by Gasteiger charge is -2.35. The highest BCUT2D eigenvalue weighted by Crippen LogP contribution is 2.27. The minimum Gasteiger partial charge on any atom is -0.494 e. The molecule has 0 saturated carbocycles. The zero-order valence-electron chi connectivity index (χ0n) is 26.8. The minimum atomic E-state index is -4.38. The van der Waals surface area contributed by atoms with Crippen molar-refractivity contribution in [1.29, 1.82) is 0 Å². The summed E-state index contributed by atoms with van der Waals surface area (Å²) in [6.45, 7) is 7.09. The third kappa shape index (κ3) is 9.79. The number of anilines is 1. The third-order valence-electron chi connectivity index (χ3n) is 7.13. The van der Waals surface area contributed by atoms with Gasteiger partial charge in [0.05, 0.1) is 17.2 Å². The van der Waals surface area contributed by atoms with Crippen LogP contribution in [0.15, 0.2) is 108 Å². The van der Waals surface area contributed by atoms with E-state index >= 15 is 0 Å². The number of hydrogen-bond donors (Lipinski definition) is 1. The van der Waals surface area contributed by atoms with E-state index in [1.54, 1.807) is 36.4 Å². The zero-order chi connectivity index (χ0) is 34.2. The van der Waals surface area contributed by atoms with Crippen LogP contribution in [0.5, 0.6) is 5.75 Å². The fraction of sp³-hybridized carbons (Fsp3) is 0.278. The first-order valence-corrected chi connectivity index (χ1v) is 17.0. The van der Waals surface area contributed by atoms with Crippen molar-refractivity contribution in [3.8, 4) is 5.75 Å². The highest BCUT2D eigenvalue weighted by molar-refractivity contribution is 7.92. The Labute approximate surface area is 281 Å². The normalized spacial score (nSPS) is 12.2. The lowest BCUT2D eigenvalue weighted by molar-refractivity contribution is -0.140. The largest absolute Gasteiger partial charge is 0.494 e. The van der Waals surface area contributed by atoms with Crippen molar-refractivity contribution in [2.75, 3.05) is 17.5 Å². The highest BCUT2D eigenvalue weighted by atomic mass is 35.5. The first kappa shape index (κ1) is 35.4. The maximum absolute atomic E-state index is 14.5. The summed E-state index contributed by atoms with van der Waals surface area (Å²) in [7, 11) is -4.38. The number of nitrogens with one attached hydrogen (secondary N) is 1. The third-order valence-corrected chi connectivity index (χ3v) is 9.15. The molecular formula is C36H39ClFN3O5S. The fourth-order valence-electron chi connectivity index (χ4n) is 4.98. The predicted octanol–water partition coefficient (Wildman–Crippen LogP) is 6.63. The number of sulfonamides is 1. The van der Waals surface area contributed by atoms with Crippen LogP contribution in [0.25, 0.3) is 0 Å². The van der Waals surface area contributed by atoms with Gasteiger partial charge in [0.25, 0.3) is 10.0 Å². The van der Waals surface area contributed by atoms with Crippen molar-refractivity contribution in [2.24, 2.45) is 0 Å². The van der Waals surface area contributed by atoms with Gasteiger partial charge < -0.3 is 15.0 Å². The molecule has 0 aliphatic carbocycles. The van der Waals surface area contributed by atoms with E-state index in [0.717, 1.165) is 34.1 Å². The molecular weight excluding hydrogens is 641 g/mol. The Morgan fingerprint density at radius 2 is 1.53 bits per heavy atom. The van der Waals surface area contributed by atoms with Crippen molar-refractivity contribution >= 4 is 39.1 Å². The van der Waals surface area contributed by atoms with Gasteiger partial charge in [-0.05, 0) is 99.5 Å². The van der Waals surface area contributed by atoms with E-state index in [1.807, 2.05) is 58.0 Å². The van der Waals surface area contributed by atoms with Crippen molar-refractivity contribution in [3.05, 3.63) is 125 Å². The number of halogens is 2. The van der Waals surface area contributed by atoms with Crippen LogP contribution in [0.2, 0.25) is 5.02 Å². The zero-order valence-corrected chi connectivity index (χ0v) is 28.4. The lowest BCUT2D eigenvalue weighted by atomic mass is 10.0. The average Bonchev–Trinajstić information content (AvgIpc) is 3.02. The van der Waals surface area contributed by atoms with Gasteiger partial charge in [0.1, 0.15) is 24.2 Å². The topological polar surface area (TPSA) is 96.0 Å². The molecule has 248 valence electrons. The van der Waals surface area contributed by atoms with Crippen LogP contribution >= 0.6 is 11.6 Å². The Hall–Kier alpha value is -4.41. The average molecular weight is 680 g/mol. The van der Waals surface area contributed by atoms with Gasteiger partial charge in [-0.15, -0.1) is 0 Å². The molecule has 0 heterocycles. The molecule has 8 nitrogen and oxygen atoms in total. The van der Waals surface area contributed by atoms with E-state index in [0.29, 0.717) is 22.9 Å². The highest BCUT2D eigenvalue weighted by Gasteiger charge is 2.35. The lowest BCUT2D eigenvalue weighted by Crippen LogP contribution is -2.56. The van der Waals surface area contributed by atoms with Crippen molar-refractivity contribution in [1.82, 2.24) is 10.2 Å². The number of carbonyl (C=O) groups excluding carboxylic acids is 2.